The van der Waals surface area contributed by atoms with Crippen LogP contribution in [0.3, 0.4) is 0 Å². The van der Waals surface area contributed by atoms with Crippen LogP contribution in [0, 0.1) is 0 Å². The van der Waals surface area contributed by atoms with E-state index >= 15 is 0 Å². The molecular formula is C10H17N3O2. The Kier molecular flexibility index (Phi) is 3.33. The molecule has 2 rings (SSSR count). The van der Waals surface area contributed by atoms with Crippen LogP contribution in [0.1, 0.15) is 30.5 Å². The first kappa shape index (κ1) is 10.6. The maximum Gasteiger partial charge on any atom is 0.242 e. The van der Waals surface area contributed by atoms with Crippen LogP contribution in [0.25, 0.3) is 0 Å². The quantitative estimate of drug-likeness (QED) is 0.747. The molecule has 1 aromatic heterocycles. The fraction of sp³-hybridized carbons (Fsp3) is 0.800. The van der Waals surface area contributed by atoms with E-state index in [2.05, 4.69) is 22.1 Å². The van der Waals surface area contributed by atoms with Gasteiger partial charge in [0.05, 0.1) is 0 Å². The lowest BCUT2D eigenvalue weighted by Gasteiger charge is -2.26. The number of piperidine rings is 1. The molecular weight excluding hydrogens is 194 g/mol. The summed E-state index contributed by atoms with van der Waals surface area (Å²) in [5, 5.41) is 8.01. The van der Waals surface area contributed by atoms with Crippen molar-refractivity contribution >= 4 is 0 Å². The number of aromatic nitrogens is 2. The van der Waals surface area contributed by atoms with Crippen LogP contribution in [0.15, 0.2) is 4.42 Å². The number of methoxy groups -OCH3 is 1. The summed E-state index contributed by atoms with van der Waals surface area (Å²) in [6.07, 6.45) is 2.20. The van der Waals surface area contributed by atoms with Crippen LogP contribution in [0.2, 0.25) is 0 Å². The summed E-state index contributed by atoms with van der Waals surface area (Å²) >= 11 is 0. The molecule has 15 heavy (non-hydrogen) atoms. The number of hydrogen-bond donors (Lipinski definition) is 0. The highest BCUT2D eigenvalue weighted by atomic mass is 16.5. The van der Waals surface area contributed by atoms with Gasteiger partial charge in [0.2, 0.25) is 11.8 Å². The molecule has 1 aliphatic rings. The van der Waals surface area contributed by atoms with Gasteiger partial charge in [0.1, 0.15) is 6.61 Å². The number of hydrogen-bond acceptors (Lipinski definition) is 5. The van der Waals surface area contributed by atoms with Gasteiger partial charge in [-0.05, 0) is 33.0 Å². The van der Waals surface area contributed by atoms with E-state index in [1.54, 1.807) is 7.11 Å². The van der Waals surface area contributed by atoms with Crippen molar-refractivity contribution in [2.24, 2.45) is 0 Å². The minimum atomic E-state index is 0.402. The van der Waals surface area contributed by atoms with Crippen LogP contribution in [-0.4, -0.2) is 42.3 Å². The molecule has 0 spiro atoms. The second-order valence-electron chi connectivity index (χ2n) is 4.04. The minimum Gasteiger partial charge on any atom is -0.422 e. The molecule has 0 unspecified atom stereocenters. The molecule has 0 bridgehead atoms. The molecule has 1 aromatic rings. The number of ether oxygens (including phenoxy) is 1. The van der Waals surface area contributed by atoms with Gasteiger partial charge in [-0.25, -0.2) is 0 Å². The largest absolute Gasteiger partial charge is 0.422 e. The molecule has 5 heteroatoms. The van der Waals surface area contributed by atoms with E-state index in [1.807, 2.05) is 0 Å². The summed E-state index contributed by atoms with van der Waals surface area (Å²) in [7, 11) is 3.76. The Labute approximate surface area is 89.4 Å². The summed E-state index contributed by atoms with van der Waals surface area (Å²) in [6.45, 7) is 2.61. The topological polar surface area (TPSA) is 51.4 Å². The zero-order chi connectivity index (χ0) is 10.7. The number of rotatable bonds is 3. The Bertz CT molecular complexity index is 305. The van der Waals surface area contributed by atoms with E-state index in [0.29, 0.717) is 18.4 Å². The first-order valence-electron chi connectivity index (χ1n) is 5.29. The third-order valence-electron chi connectivity index (χ3n) is 2.82. The smallest absolute Gasteiger partial charge is 0.242 e. The fourth-order valence-corrected chi connectivity index (χ4v) is 1.87. The van der Waals surface area contributed by atoms with Crippen molar-refractivity contribution in [2.45, 2.75) is 25.4 Å². The van der Waals surface area contributed by atoms with Crippen molar-refractivity contribution in [2.75, 3.05) is 27.2 Å². The van der Waals surface area contributed by atoms with Gasteiger partial charge in [0.15, 0.2) is 0 Å². The molecule has 1 saturated heterocycles. The van der Waals surface area contributed by atoms with Crippen molar-refractivity contribution < 1.29 is 9.15 Å². The highest BCUT2D eigenvalue weighted by Crippen LogP contribution is 2.26. The zero-order valence-corrected chi connectivity index (χ0v) is 9.27. The average Bonchev–Trinajstić information content (AvgIpc) is 2.68. The number of likely N-dealkylation sites (tertiary alicyclic amines) is 1. The fourth-order valence-electron chi connectivity index (χ4n) is 1.87. The van der Waals surface area contributed by atoms with E-state index in [4.69, 9.17) is 9.15 Å². The summed E-state index contributed by atoms with van der Waals surface area (Å²) in [6, 6.07) is 0. The molecule has 0 aromatic carbocycles. The molecule has 0 amide bonds. The minimum absolute atomic E-state index is 0.402. The molecule has 0 radical (unpaired) electrons. The molecule has 84 valence electrons. The first-order chi connectivity index (χ1) is 7.29. The molecule has 1 fully saturated rings. The summed E-state index contributed by atoms with van der Waals surface area (Å²) in [4.78, 5) is 2.32. The van der Waals surface area contributed by atoms with Crippen LogP contribution >= 0.6 is 0 Å². The predicted octanol–water partition coefficient (Wildman–Crippen LogP) is 1.03. The predicted molar refractivity (Wildman–Crippen MR) is 54.5 cm³/mol. The van der Waals surface area contributed by atoms with Gasteiger partial charge in [0, 0.05) is 13.0 Å². The van der Waals surface area contributed by atoms with Crippen molar-refractivity contribution in [3.63, 3.8) is 0 Å². The monoisotopic (exact) mass is 211 g/mol. The second-order valence-corrected chi connectivity index (χ2v) is 4.04. The van der Waals surface area contributed by atoms with Gasteiger partial charge >= 0.3 is 0 Å². The van der Waals surface area contributed by atoms with Gasteiger partial charge in [-0.15, -0.1) is 10.2 Å². The molecule has 0 N–H and O–H groups in total. The Morgan fingerprint density at radius 3 is 2.80 bits per heavy atom. The second kappa shape index (κ2) is 4.72. The molecule has 0 aliphatic carbocycles. The van der Waals surface area contributed by atoms with Gasteiger partial charge in [-0.1, -0.05) is 0 Å². The van der Waals surface area contributed by atoms with E-state index in [-0.39, 0.29) is 0 Å². The SMILES string of the molecule is COCc1nnc(C2CCN(C)CC2)o1. The van der Waals surface area contributed by atoms with E-state index in [1.165, 1.54) is 0 Å². The number of nitrogens with zero attached hydrogens (tertiary/aromatic N) is 3. The van der Waals surface area contributed by atoms with Gasteiger partial charge < -0.3 is 14.1 Å². The summed E-state index contributed by atoms with van der Waals surface area (Å²) in [5.41, 5.74) is 0. The van der Waals surface area contributed by atoms with Gasteiger partial charge in [0.25, 0.3) is 0 Å². The van der Waals surface area contributed by atoms with Crippen molar-refractivity contribution in [1.82, 2.24) is 15.1 Å². The van der Waals surface area contributed by atoms with Crippen LogP contribution in [-0.2, 0) is 11.3 Å². The van der Waals surface area contributed by atoms with Crippen LogP contribution in [0.4, 0.5) is 0 Å². The maximum atomic E-state index is 5.53. The van der Waals surface area contributed by atoms with Crippen LogP contribution in [0.5, 0.6) is 0 Å². The molecule has 1 aliphatic heterocycles. The van der Waals surface area contributed by atoms with Gasteiger partial charge in [-0.2, -0.15) is 0 Å². The summed E-state index contributed by atoms with van der Waals surface area (Å²) in [5.74, 6) is 1.78. The highest BCUT2D eigenvalue weighted by Gasteiger charge is 2.23. The van der Waals surface area contributed by atoms with Crippen LogP contribution < -0.4 is 0 Å². The molecule has 5 nitrogen and oxygen atoms in total. The normalized spacial score (nSPS) is 19.6. The Hall–Kier alpha value is -0.940. The first-order valence-corrected chi connectivity index (χ1v) is 5.29. The highest BCUT2D eigenvalue weighted by molar-refractivity contribution is 4.93. The van der Waals surface area contributed by atoms with E-state index < -0.39 is 0 Å². The lowest BCUT2D eigenvalue weighted by molar-refractivity contribution is 0.155. The summed E-state index contributed by atoms with van der Waals surface area (Å²) < 4.78 is 10.5. The average molecular weight is 211 g/mol. The zero-order valence-electron chi connectivity index (χ0n) is 9.27. The molecule has 0 saturated carbocycles. The van der Waals surface area contributed by atoms with E-state index in [9.17, 15) is 0 Å². The Morgan fingerprint density at radius 2 is 2.13 bits per heavy atom. The lowest BCUT2D eigenvalue weighted by atomic mass is 9.97. The van der Waals surface area contributed by atoms with Crippen molar-refractivity contribution in [3.8, 4) is 0 Å². The lowest BCUT2D eigenvalue weighted by Crippen LogP contribution is -2.29. The Balaban J connectivity index is 1.96. The third-order valence-corrected chi connectivity index (χ3v) is 2.82. The molecule has 0 atom stereocenters. The van der Waals surface area contributed by atoms with Crippen molar-refractivity contribution in [3.05, 3.63) is 11.8 Å². The van der Waals surface area contributed by atoms with Crippen molar-refractivity contribution in [1.29, 1.82) is 0 Å². The Morgan fingerprint density at radius 1 is 1.40 bits per heavy atom. The maximum absolute atomic E-state index is 5.53. The third kappa shape index (κ3) is 2.54. The molecule has 2 heterocycles. The van der Waals surface area contributed by atoms with E-state index in [0.717, 1.165) is 31.8 Å². The standard InChI is InChI=1S/C10H17N3O2/c1-13-5-3-8(4-6-13)10-12-11-9(15-10)7-14-2/h8H,3-7H2,1-2H3. The van der Waals surface area contributed by atoms with Gasteiger partial charge in [-0.3, -0.25) is 0 Å².